The SMILES string of the molecule is CC(C)COCCC(CC(C)C)C(=O)O. The summed E-state index contributed by atoms with van der Waals surface area (Å²) in [5, 5.41) is 8.98. The molecule has 0 rings (SSSR count). The number of hydrogen-bond donors (Lipinski definition) is 1. The second-order valence-electron chi connectivity index (χ2n) is 4.92. The molecule has 1 N–H and O–H groups in total. The fourth-order valence-corrected chi connectivity index (χ4v) is 1.46. The average Bonchev–Trinajstić information content (AvgIpc) is 2.08. The van der Waals surface area contributed by atoms with E-state index in [4.69, 9.17) is 9.84 Å². The Balaban J connectivity index is 3.72. The molecule has 15 heavy (non-hydrogen) atoms. The first kappa shape index (κ1) is 14.4. The normalized spacial score (nSPS) is 13.5. The lowest BCUT2D eigenvalue weighted by atomic mass is 9.95. The predicted molar refractivity (Wildman–Crippen MR) is 60.9 cm³/mol. The molecule has 0 spiro atoms. The van der Waals surface area contributed by atoms with Gasteiger partial charge in [-0.25, -0.2) is 0 Å². The molecule has 0 saturated carbocycles. The summed E-state index contributed by atoms with van der Waals surface area (Å²) in [7, 11) is 0. The minimum atomic E-state index is -0.697. The maximum absolute atomic E-state index is 10.9. The van der Waals surface area contributed by atoms with E-state index in [1.807, 2.05) is 13.8 Å². The molecule has 0 aliphatic rings. The first-order valence-electron chi connectivity index (χ1n) is 5.74. The van der Waals surface area contributed by atoms with Crippen LogP contribution in [0.25, 0.3) is 0 Å². The maximum Gasteiger partial charge on any atom is 0.306 e. The lowest BCUT2D eigenvalue weighted by molar-refractivity contribution is -0.143. The molecule has 0 heterocycles. The summed E-state index contributed by atoms with van der Waals surface area (Å²) in [4.78, 5) is 10.9. The highest BCUT2D eigenvalue weighted by molar-refractivity contribution is 5.69. The van der Waals surface area contributed by atoms with Crippen LogP contribution in [-0.4, -0.2) is 24.3 Å². The van der Waals surface area contributed by atoms with Crippen LogP contribution >= 0.6 is 0 Å². The minimum absolute atomic E-state index is 0.253. The lowest BCUT2D eigenvalue weighted by Gasteiger charge is -2.15. The van der Waals surface area contributed by atoms with Crippen molar-refractivity contribution in [3.8, 4) is 0 Å². The second kappa shape index (κ2) is 7.69. The predicted octanol–water partition coefficient (Wildman–Crippen LogP) is 2.80. The summed E-state index contributed by atoms with van der Waals surface area (Å²) in [6.45, 7) is 9.54. The van der Waals surface area contributed by atoms with Crippen molar-refractivity contribution in [1.29, 1.82) is 0 Å². The quantitative estimate of drug-likeness (QED) is 0.635. The fourth-order valence-electron chi connectivity index (χ4n) is 1.46. The number of carboxylic acids is 1. The van der Waals surface area contributed by atoms with E-state index < -0.39 is 5.97 Å². The van der Waals surface area contributed by atoms with Crippen LogP contribution in [0.3, 0.4) is 0 Å². The van der Waals surface area contributed by atoms with Gasteiger partial charge < -0.3 is 9.84 Å². The van der Waals surface area contributed by atoms with Crippen molar-refractivity contribution in [2.45, 2.75) is 40.5 Å². The molecule has 3 nitrogen and oxygen atoms in total. The summed E-state index contributed by atoms with van der Waals surface area (Å²) in [5.41, 5.74) is 0. The summed E-state index contributed by atoms with van der Waals surface area (Å²) in [6.07, 6.45) is 1.36. The number of hydrogen-bond acceptors (Lipinski definition) is 2. The van der Waals surface area contributed by atoms with Crippen molar-refractivity contribution in [3.05, 3.63) is 0 Å². The number of carboxylic acid groups (broad SMARTS) is 1. The molecule has 0 radical (unpaired) electrons. The van der Waals surface area contributed by atoms with Gasteiger partial charge in [0.1, 0.15) is 0 Å². The zero-order valence-electron chi connectivity index (χ0n) is 10.3. The van der Waals surface area contributed by atoms with E-state index in [9.17, 15) is 4.79 Å². The van der Waals surface area contributed by atoms with Gasteiger partial charge in [-0.15, -0.1) is 0 Å². The standard InChI is InChI=1S/C12H24O3/c1-9(2)7-11(12(13)14)5-6-15-8-10(3)4/h9-11H,5-8H2,1-4H3,(H,13,14). The topological polar surface area (TPSA) is 46.5 Å². The molecule has 3 heteroatoms. The molecule has 0 fully saturated rings. The largest absolute Gasteiger partial charge is 0.481 e. The molecule has 1 unspecified atom stereocenters. The van der Waals surface area contributed by atoms with Crippen molar-refractivity contribution in [2.24, 2.45) is 17.8 Å². The van der Waals surface area contributed by atoms with E-state index in [1.165, 1.54) is 0 Å². The zero-order chi connectivity index (χ0) is 11.8. The van der Waals surface area contributed by atoms with Crippen molar-refractivity contribution in [1.82, 2.24) is 0 Å². The third-order valence-electron chi connectivity index (χ3n) is 2.17. The monoisotopic (exact) mass is 216 g/mol. The fraction of sp³-hybridized carbons (Fsp3) is 0.917. The number of carbonyl (C=O) groups is 1. The Labute approximate surface area is 92.8 Å². The molecule has 0 bridgehead atoms. The maximum atomic E-state index is 10.9. The van der Waals surface area contributed by atoms with Gasteiger partial charge in [0.2, 0.25) is 0 Å². The van der Waals surface area contributed by atoms with Gasteiger partial charge >= 0.3 is 5.97 Å². The van der Waals surface area contributed by atoms with Gasteiger partial charge in [0.05, 0.1) is 5.92 Å². The lowest BCUT2D eigenvalue weighted by Crippen LogP contribution is -2.18. The highest BCUT2D eigenvalue weighted by Crippen LogP contribution is 2.15. The van der Waals surface area contributed by atoms with E-state index in [1.54, 1.807) is 0 Å². The van der Waals surface area contributed by atoms with Crippen LogP contribution in [-0.2, 0) is 9.53 Å². The molecular weight excluding hydrogens is 192 g/mol. The van der Waals surface area contributed by atoms with E-state index in [-0.39, 0.29) is 5.92 Å². The Hall–Kier alpha value is -0.570. The van der Waals surface area contributed by atoms with Crippen LogP contribution in [0.5, 0.6) is 0 Å². The van der Waals surface area contributed by atoms with Gasteiger partial charge in [0, 0.05) is 13.2 Å². The molecular formula is C12H24O3. The highest BCUT2D eigenvalue weighted by atomic mass is 16.5. The molecule has 0 aromatic heterocycles. The van der Waals surface area contributed by atoms with Crippen LogP contribution in [0.2, 0.25) is 0 Å². The van der Waals surface area contributed by atoms with E-state index >= 15 is 0 Å². The first-order chi connectivity index (χ1) is 6.93. The molecule has 0 aromatic rings. The van der Waals surface area contributed by atoms with Gasteiger partial charge in [0.15, 0.2) is 0 Å². The van der Waals surface area contributed by atoms with Crippen LogP contribution in [0.15, 0.2) is 0 Å². The van der Waals surface area contributed by atoms with Crippen molar-refractivity contribution in [3.63, 3.8) is 0 Å². The van der Waals surface area contributed by atoms with Crippen LogP contribution in [0.1, 0.15) is 40.5 Å². The highest BCUT2D eigenvalue weighted by Gasteiger charge is 2.18. The number of ether oxygens (including phenoxy) is 1. The van der Waals surface area contributed by atoms with Gasteiger partial charge in [-0.1, -0.05) is 27.7 Å². The first-order valence-corrected chi connectivity index (χ1v) is 5.74. The Morgan fingerprint density at radius 1 is 1.20 bits per heavy atom. The van der Waals surface area contributed by atoms with E-state index in [0.717, 1.165) is 6.42 Å². The molecule has 0 aliphatic heterocycles. The Kier molecular flexibility index (Phi) is 7.39. The van der Waals surface area contributed by atoms with Crippen LogP contribution in [0.4, 0.5) is 0 Å². The van der Waals surface area contributed by atoms with Gasteiger partial charge in [-0.3, -0.25) is 4.79 Å². The third kappa shape index (κ3) is 8.43. The average molecular weight is 216 g/mol. The molecule has 0 amide bonds. The molecule has 0 saturated heterocycles. The minimum Gasteiger partial charge on any atom is -0.481 e. The molecule has 1 atom stereocenters. The second-order valence-corrected chi connectivity index (χ2v) is 4.92. The smallest absolute Gasteiger partial charge is 0.306 e. The Morgan fingerprint density at radius 3 is 2.20 bits per heavy atom. The van der Waals surface area contributed by atoms with Crippen molar-refractivity contribution in [2.75, 3.05) is 13.2 Å². The third-order valence-corrected chi connectivity index (χ3v) is 2.17. The van der Waals surface area contributed by atoms with Gasteiger partial charge in [0.25, 0.3) is 0 Å². The molecule has 90 valence electrons. The van der Waals surface area contributed by atoms with Gasteiger partial charge in [-0.2, -0.15) is 0 Å². The van der Waals surface area contributed by atoms with Gasteiger partial charge in [-0.05, 0) is 24.7 Å². The zero-order valence-corrected chi connectivity index (χ0v) is 10.3. The summed E-state index contributed by atoms with van der Waals surface area (Å²) in [5.74, 6) is -0.0106. The molecule has 0 aliphatic carbocycles. The van der Waals surface area contributed by atoms with Crippen molar-refractivity contribution < 1.29 is 14.6 Å². The summed E-state index contributed by atoms with van der Waals surface area (Å²) >= 11 is 0. The van der Waals surface area contributed by atoms with E-state index in [2.05, 4.69) is 13.8 Å². The number of aliphatic carboxylic acids is 1. The summed E-state index contributed by atoms with van der Waals surface area (Å²) < 4.78 is 5.39. The summed E-state index contributed by atoms with van der Waals surface area (Å²) in [6, 6.07) is 0. The Morgan fingerprint density at radius 2 is 1.80 bits per heavy atom. The van der Waals surface area contributed by atoms with Crippen LogP contribution in [0, 0.1) is 17.8 Å². The molecule has 0 aromatic carbocycles. The van der Waals surface area contributed by atoms with Crippen LogP contribution < -0.4 is 0 Å². The van der Waals surface area contributed by atoms with E-state index in [0.29, 0.717) is 31.5 Å². The number of rotatable bonds is 8. The Bertz CT molecular complexity index is 176. The van der Waals surface area contributed by atoms with Crippen molar-refractivity contribution >= 4 is 5.97 Å².